The predicted octanol–water partition coefficient (Wildman–Crippen LogP) is 3.25. The van der Waals surface area contributed by atoms with E-state index < -0.39 is 0 Å². The number of benzene rings is 2. The number of rotatable bonds is 8. The first kappa shape index (κ1) is 15.3. The minimum Gasteiger partial charge on any atom is -0.491 e. The maximum absolute atomic E-state index is 5.58. The summed E-state index contributed by atoms with van der Waals surface area (Å²) in [6.07, 6.45) is 4.05. The average Bonchev–Trinajstić information content (AvgIpc) is 2.55. The molecule has 110 valence electrons. The molecule has 0 spiro atoms. The van der Waals surface area contributed by atoms with Gasteiger partial charge in [-0.25, -0.2) is 0 Å². The van der Waals surface area contributed by atoms with E-state index >= 15 is 0 Å². The van der Waals surface area contributed by atoms with Gasteiger partial charge < -0.3 is 15.2 Å². The van der Waals surface area contributed by atoms with Crippen LogP contribution in [0.5, 0.6) is 5.75 Å². The number of nitrogens with two attached hydrogens (primary N) is 1. The van der Waals surface area contributed by atoms with Crippen molar-refractivity contribution in [3.63, 3.8) is 0 Å². The van der Waals surface area contributed by atoms with Crippen molar-refractivity contribution in [2.24, 2.45) is 5.73 Å². The molecule has 0 aliphatic heterocycles. The van der Waals surface area contributed by atoms with Crippen molar-refractivity contribution < 1.29 is 9.47 Å². The number of ether oxygens (including phenoxy) is 2. The molecule has 0 saturated carbocycles. The zero-order chi connectivity index (χ0) is 14.8. The summed E-state index contributed by atoms with van der Waals surface area (Å²) < 4.78 is 11.1. The average molecular weight is 283 g/mol. The SMILES string of the molecule is NCc1ccc(OCCOCC=Cc2ccccc2)cc1. The maximum Gasteiger partial charge on any atom is 0.119 e. The van der Waals surface area contributed by atoms with Gasteiger partial charge in [0.1, 0.15) is 12.4 Å². The summed E-state index contributed by atoms with van der Waals surface area (Å²) in [6.45, 7) is 2.25. The minimum atomic E-state index is 0.543. The summed E-state index contributed by atoms with van der Waals surface area (Å²) in [5.41, 5.74) is 7.82. The molecule has 0 bridgehead atoms. The van der Waals surface area contributed by atoms with Crippen LogP contribution in [0, 0.1) is 0 Å². The van der Waals surface area contributed by atoms with E-state index in [1.165, 1.54) is 5.56 Å². The molecule has 2 aromatic rings. The van der Waals surface area contributed by atoms with E-state index in [9.17, 15) is 0 Å². The van der Waals surface area contributed by atoms with Crippen molar-refractivity contribution in [3.8, 4) is 5.75 Å². The summed E-state index contributed by atoms with van der Waals surface area (Å²) in [5, 5.41) is 0. The molecule has 2 aromatic carbocycles. The van der Waals surface area contributed by atoms with Crippen molar-refractivity contribution in [3.05, 3.63) is 71.8 Å². The van der Waals surface area contributed by atoms with Crippen LogP contribution in [-0.4, -0.2) is 19.8 Å². The van der Waals surface area contributed by atoms with Crippen LogP contribution in [0.2, 0.25) is 0 Å². The Labute approximate surface area is 126 Å². The van der Waals surface area contributed by atoms with Crippen molar-refractivity contribution in [2.75, 3.05) is 19.8 Å². The van der Waals surface area contributed by atoms with Crippen LogP contribution in [0.4, 0.5) is 0 Å². The molecule has 3 nitrogen and oxygen atoms in total. The van der Waals surface area contributed by atoms with Gasteiger partial charge in [0.15, 0.2) is 0 Å². The van der Waals surface area contributed by atoms with Gasteiger partial charge in [-0.15, -0.1) is 0 Å². The molecule has 0 radical (unpaired) electrons. The fraction of sp³-hybridized carbons (Fsp3) is 0.222. The molecule has 3 heteroatoms. The third-order valence-electron chi connectivity index (χ3n) is 2.98. The van der Waals surface area contributed by atoms with E-state index in [0.717, 1.165) is 11.3 Å². The van der Waals surface area contributed by atoms with Crippen molar-refractivity contribution in [2.45, 2.75) is 6.54 Å². The highest BCUT2D eigenvalue weighted by molar-refractivity contribution is 5.48. The molecular weight excluding hydrogens is 262 g/mol. The Kier molecular flexibility index (Phi) is 6.52. The van der Waals surface area contributed by atoms with Gasteiger partial charge in [-0.1, -0.05) is 54.6 Å². The Bertz CT molecular complexity index is 535. The van der Waals surface area contributed by atoms with Gasteiger partial charge >= 0.3 is 0 Å². The second-order valence-electron chi connectivity index (χ2n) is 4.58. The lowest BCUT2D eigenvalue weighted by Crippen LogP contribution is -2.06. The van der Waals surface area contributed by atoms with Crippen LogP contribution < -0.4 is 10.5 Å². The lowest BCUT2D eigenvalue weighted by Gasteiger charge is -2.06. The van der Waals surface area contributed by atoms with Crippen LogP contribution in [0.1, 0.15) is 11.1 Å². The van der Waals surface area contributed by atoms with E-state index in [2.05, 4.69) is 12.1 Å². The molecule has 0 amide bonds. The minimum absolute atomic E-state index is 0.543. The molecule has 2 rings (SSSR count). The van der Waals surface area contributed by atoms with E-state index in [1.54, 1.807) is 0 Å². The first-order valence-corrected chi connectivity index (χ1v) is 7.09. The smallest absolute Gasteiger partial charge is 0.119 e. The lowest BCUT2D eigenvalue weighted by molar-refractivity contribution is 0.121. The molecule has 0 atom stereocenters. The topological polar surface area (TPSA) is 44.5 Å². The first-order chi connectivity index (χ1) is 10.4. The fourth-order valence-electron chi connectivity index (χ4n) is 1.84. The van der Waals surface area contributed by atoms with E-state index in [1.807, 2.05) is 54.6 Å². The Morgan fingerprint density at radius 3 is 2.38 bits per heavy atom. The largest absolute Gasteiger partial charge is 0.491 e. The van der Waals surface area contributed by atoms with Gasteiger partial charge in [0.25, 0.3) is 0 Å². The van der Waals surface area contributed by atoms with Crippen molar-refractivity contribution >= 4 is 6.08 Å². The molecule has 0 heterocycles. The Morgan fingerprint density at radius 2 is 1.67 bits per heavy atom. The second kappa shape index (κ2) is 8.95. The highest BCUT2D eigenvalue weighted by Gasteiger charge is 1.94. The quantitative estimate of drug-likeness (QED) is 0.756. The highest BCUT2D eigenvalue weighted by Crippen LogP contribution is 2.11. The molecule has 0 aliphatic carbocycles. The molecule has 21 heavy (non-hydrogen) atoms. The Morgan fingerprint density at radius 1 is 0.905 bits per heavy atom. The lowest BCUT2D eigenvalue weighted by atomic mass is 10.2. The van der Waals surface area contributed by atoms with Crippen molar-refractivity contribution in [1.82, 2.24) is 0 Å². The van der Waals surface area contributed by atoms with E-state index in [-0.39, 0.29) is 0 Å². The van der Waals surface area contributed by atoms with Crippen LogP contribution in [0.15, 0.2) is 60.7 Å². The molecule has 0 aromatic heterocycles. The van der Waals surface area contributed by atoms with E-state index in [4.69, 9.17) is 15.2 Å². The summed E-state index contributed by atoms with van der Waals surface area (Å²) in [6, 6.07) is 18.0. The summed E-state index contributed by atoms with van der Waals surface area (Å²) in [4.78, 5) is 0. The van der Waals surface area contributed by atoms with Gasteiger partial charge in [0.05, 0.1) is 13.2 Å². The molecule has 0 unspecified atom stereocenters. The van der Waals surface area contributed by atoms with Crippen LogP contribution >= 0.6 is 0 Å². The van der Waals surface area contributed by atoms with Crippen LogP contribution in [0.3, 0.4) is 0 Å². The third-order valence-corrected chi connectivity index (χ3v) is 2.98. The summed E-state index contributed by atoms with van der Waals surface area (Å²) >= 11 is 0. The Hall–Kier alpha value is -2.10. The zero-order valence-corrected chi connectivity index (χ0v) is 12.1. The zero-order valence-electron chi connectivity index (χ0n) is 12.1. The molecule has 0 fully saturated rings. The van der Waals surface area contributed by atoms with Gasteiger partial charge in [-0.05, 0) is 23.3 Å². The maximum atomic E-state index is 5.58. The van der Waals surface area contributed by atoms with Gasteiger partial charge in [-0.3, -0.25) is 0 Å². The molecular formula is C18H21NO2. The first-order valence-electron chi connectivity index (χ1n) is 7.09. The summed E-state index contributed by atoms with van der Waals surface area (Å²) in [5.74, 6) is 0.843. The monoisotopic (exact) mass is 283 g/mol. The standard InChI is InChI=1S/C18H21NO2/c19-15-17-8-10-18(11-9-17)21-14-13-20-12-4-7-16-5-2-1-3-6-16/h1-11H,12-15,19H2. The normalized spacial score (nSPS) is 10.9. The van der Waals surface area contributed by atoms with Gasteiger partial charge in [0, 0.05) is 6.54 Å². The second-order valence-corrected chi connectivity index (χ2v) is 4.58. The molecule has 0 aliphatic rings. The highest BCUT2D eigenvalue weighted by atomic mass is 16.5. The predicted molar refractivity (Wildman–Crippen MR) is 86.1 cm³/mol. The number of hydrogen-bond donors (Lipinski definition) is 1. The number of hydrogen-bond acceptors (Lipinski definition) is 3. The van der Waals surface area contributed by atoms with Crippen LogP contribution in [0.25, 0.3) is 6.08 Å². The van der Waals surface area contributed by atoms with E-state index in [0.29, 0.717) is 26.4 Å². The van der Waals surface area contributed by atoms with Gasteiger partial charge in [0.2, 0.25) is 0 Å². The third kappa shape index (κ3) is 5.81. The summed E-state index contributed by atoms with van der Waals surface area (Å²) in [7, 11) is 0. The molecule has 2 N–H and O–H groups in total. The molecule has 0 saturated heterocycles. The van der Waals surface area contributed by atoms with Crippen molar-refractivity contribution in [1.29, 1.82) is 0 Å². The van der Waals surface area contributed by atoms with Crippen LogP contribution in [-0.2, 0) is 11.3 Å². The van der Waals surface area contributed by atoms with Gasteiger partial charge in [-0.2, -0.15) is 0 Å². The Balaban J connectivity index is 1.58. The fourth-order valence-corrected chi connectivity index (χ4v) is 1.84.